The summed E-state index contributed by atoms with van der Waals surface area (Å²) in [6.07, 6.45) is 7.19. The van der Waals surface area contributed by atoms with E-state index in [1.54, 1.807) is 14.7 Å². The molecule has 3 fully saturated rings. The maximum Gasteiger partial charge on any atom is 0.190 e. The Morgan fingerprint density at radius 3 is 0.950 bits per heavy atom. The molecule has 13 heteroatoms. The van der Waals surface area contributed by atoms with Crippen LogP contribution in [0.25, 0.3) is 0 Å². The largest absolute Gasteiger partial charge is 0.495 e. The van der Waals surface area contributed by atoms with Gasteiger partial charge in [-0.05, 0) is 59.3 Å². The first-order valence-electron chi connectivity index (χ1n) is 13.3. The molecule has 0 radical (unpaired) electrons. The molecule has 3 heterocycles. The van der Waals surface area contributed by atoms with E-state index in [0.717, 1.165) is 38.5 Å². The topological polar surface area (TPSA) is 182 Å². The second-order valence-corrected chi connectivity index (χ2v) is 10.1. The number of carbonyl (C=O) groups is 3. The quantitative estimate of drug-likeness (QED) is 0.144. The number of likely N-dealkylation sites (tertiary alicyclic amines) is 3. The van der Waals surface area contributed by atoms with Crippen LogP contribution in [-0.2, 0) is 31.5 Å². The van der Waals surface area contributed by atoms with Crippen molar-refractivity contribution in [1.29, 1.82) is 0 Å². The third-order valence-electron chi connectivity index (χ3n) is 6.16. The van der Waals surface area contributed by atoms with Gasteiger partial charge in [0.15, 0.2) is 35.0 Å². The minimum Gasteiger partial charge on any atom is -0.495 e. The molecule has 0 aliphatic carbocycles. The SMILES string of the molecule is CC(=O)C=C(O)N1CCCC(O)C1.CC(=O)C=C(O)N1CCCC(O)C1.CC(=O)C=C(O)N1CCCC(O)C1.[Fe]. The van der Waals surface area contributed by atoms with Gasteiger partial charge in [0.05, 0.1) is 18.3 Å². The van der Waals surface area contributed by atoms with Crippen molar-refractivity contribution in [3.8, 4) is 0 Å². The van der Waals surface area contributed by atoms with Crippen molar-refractivity contribution < 1.29 is 62.1 Å². The average molecular weight is 612 g/mol. The molecule has 0 aromatic rings. The number of allylic oxidation sites excluding steroid dienone is 3. The first kappa shape index (κ1) is 37.4. The fourth-order valence-electron chi connectivity index (χ4n) is 4.31. The number of piperidine rings is 3. The van der Waals surface area contributed by atoms with Gasteiger partial charge in [-0.3, -0.25) is 14.4 Å². The summed E-state index contributed by atoms with van der Waals surface area (Å²) < 4.78 is 0. The Morgan fingerprint density at radius 1 is 0.550 bits per heavy atom. The molecular weight excluding hydrogens is 566 g/mol. The first-order valence-corrected chi connectivity index (χ1v) is 13.3. The molecule has 230 valence electrons. The van der Waals surface area contributed by atoms with Crippen LogP contribution in [-0.4, -0.2) is 120 Å². The molecule has 3 rings (SSSR count). The van der Waals surface area contributed by atoms with Gasteiger partial charge in [-0.15, -0.1) is 0 Å². The molecule has 3 aliphatic heterocycles. The molecule has 0 amide bonds. The summed E-state index contributed by atoms with van der Waals surface area (Å²) in [4.78, 5) is 36.8. The van der Waals surface area contributed by atoms with Crippen LogP contribution in [0.4, 0.5) is 0 Å². The summed E-state index contributed by atoms with van der Waals surface area (Å²) in [6.45, 7) is 7.50. The van der Waals surface area contributed by atoms with E-state index in [9.17, 15) is 45.0 Å². The molecule has 0 aromatic heterocycles. The summed E-state index contributed by atoms with van der Waals surface area (Å²) in [7, 11) is 0. The second kappa shape index (κ2) is 19.5. The predicted octanol–water partition coefficient (Wildman–Crippen LogP) is 1.29. The number of β-amino-alcohol motifs (C(OH)–C–C–N with tert-alkyl or cyclic N) is 3. The van der Waals surface area contributed by atoms with E-state index in [1.807, 2.05) is 0 Å². The number of ketones is 3. The van der Waals surface area contributed by atoms with Crippen molar-refractivity contribution in [2.75, 3.05) is 39.3 Å². The van der Waals surface area contributed by atoms with Gasteiger partial charge in [0.2, 0.25) is 0 Å². The molecule has 3 unspecified atom stereocenters. The van der Waals surface area contributed by atoms with E-state index in [2.05, 4.69) is 0 Å². The molecule has 0 saturated carbocycles. The minimum atomic E-state index is -0.392. The van der Waals surface area contributed by atoms with Crippen molar-refractivity contribution in [3.63, 3.8) is 0 Å². The smallest absolute Gasteiger partial charge is 0.190 e. The maximum absolute atomic E-state index is 10.7. The van der Waals surface area contributed by atoms with Crippen LogP contribution in [0.1, 0.15) is 59.3 Å². The number of aliphatic hydroxyl groups excluding tert-OH is 6. The molecule has 0 bridgehead atoms. The van der Waals surface area contributed by atoms with Gasteiger partial charge in [-0.1, -0.05) is 0 Å². The number of aliphatic hydroxyl groups is 6. The van der Waals surface area contributed by atoms with Crippen LogP contribution in [0.15, 0.2) is 35.9 Å². The summed E-state index contributed by atoms with van der Waals surface area (Å²) >= 11 is 0. The van der Waals surface area contributed by atoms with Gasteiger partial charge in [0.25, 0.3) is 0 Å². The number of hydrogen-bond donors (Lipinski definition) is 6. The Morgan fingerprint density at radius 2 is 0.775 bits per heavy atom. The Balaban J connectivity index is 0.000000563. The van der Waals surface area contributed by atoms with Crippen molar-refractivity contribution in [1.82, 2.24) is 14.7 Å². The van der Waals surface area contributed by atoms with Crippen molar-refractivity contribution in [2.45, 2.75) is 77.6 Å². The van der Waals surface area contributed by atoms with Gasteiger partial charge >= 0.3 is 0 Å². The zero-order valence-electron chi connectivity index (χ0n) is 23.6. The monoisotopic (exact) mass is 611 g/mol. The first-order chi connectivity index (χ1) is 18.3. The fraction of sp³-hybridized carbons (Fsp3) is 0.667. The van der Waals surface area contributed by atoms with Gasteiger partial charge in [0.1, 0.15) is 0 Å². The van der Waals surface area contributed by atoms with Gasteiger partial charge in [0, 0.05) is 74.6 Å². The van der Waals surface area contributed by atoms with E-state index in [0.29, 0.717) is 39.3 Å². The number of hydrogen-bond acceptors (Lipinski definition) is 12. The molecule has 40 heavy (non-hydrogen) atoms. The molecule has 12 nitrogen and oxygen atoms in total. The van der Waals surface area contributed by atoms with Gasteiger partial charge < -0.3 is 45.3 Å². The van der Waals surface area contributed by atoms with Crippen LogP contribution < -0.4 is 0 Å². The van der Waals surface area contributed by atoms with Crippen LogP contribution in [0, 0.1) is 0 Å². The zero-order chi connectivity index (χ0) is 29.5. The van der Waals surface area contributed by atoms with Crippen LogP contribution in [0.5, 0.6) is 0 Å². The molecule has 3 atom stereocenters. The summed E-state index contributed by atoms with van der Waals surface area (Å²) in [5, 5.41) is 56.1. The average Bonchev–Trinajstić information content (AvgIpc) is 2.83. The zero-order valence-corrected chi connectivity index (χ0v) is 24.7. The number of carbonyl (C=O) groups excluding carboxylic acids is 3. The molecule has 0 aromatic carbocycles. The maximum atomic E-state index is 10.7. The standard InChI is InChI=1S/3C9H15NO3.Fe/c3*1-7(11)5-9(13)10-4-2-3-8(12)6-10;/h3*5,8,12-13H,2-4,6H2,1H3;. The molecular formula is C27H45FeN3O9. The minimum absolute atomic E-state index is 0. The third kappa shape index (κ3) is 15.9. The second-order valence-electron chi connectivity index (χ2n) is 10.1. The van der Waals surface area contributed by atoms with Crippen molar-refractivity contribution in [2.24, 2.45) is 0 Å². The van der Waals surface area contributed by atoms with E-state index in [1.165, 1.54) is 39.0 Å². The van der Waals surface area contributed by atoms with E-state index >= 15 is 0 Å². The summed E-state index contributed by atoms with van der Waals surface area (Å²) in [5.74, 6) is -0.656. The summed E-state index contributed by atoms with van der Waals surface area (Å²) in [6, 6.07) is 0. The van der Waals surface area contributed by atoms with Crippen LogP contribution >= 0.6 is 0 Å². The normalized spacial score (nSPS) is 24.0. The van der Waals surface area contributed by atoms with Gasteiger partial charge in [-0.2, -0.15) is 0 Å². The van der Waals surface area contributed by atoms with Crippen molar-refractivity contribution in [3.05, 3.63) is 35.9 Å². The van der Waals surface area contributed by atoms with Crippen LogP contribution in [0.3, 0.4) is 0 Å². The Labute approximate surface area is 246 Å². The molecule has 0 spiro atoms. The molecule has 6 N–H and O–H groups in total. The Hall–Kier alpha value is -2.57. The molecule has 3 saturated heterocycles. The van der Waals surface area contributed by atoms with E-state index in [-0.39, 0.29) is 52.1 Å². The van der Waals surface area contributed by atoms with E-state index in [4.69, 9.17) is 0 Å². The Kier molecular flexibility index (Phi) is 18.2. The third-order valence-corrected chi connectivity index (χ3v) is 6.16. The van der Waals surface area contributed by atoms with Crippen molar-refractivity contribution >= 4 is 17.3 Å². The van der Waals surface area contributed by atoms with Gasteiger partial charge in [-0.25, -0.2) is 0 Å². The number of nitrogens with zero attached hydrogens (tertiary/aromatic N) is 3. The molecule has 3 aliphatic rings. The predicted molar refractivity (Wildman–Crippen MR) is 145 cm³/mol. The van der Waals surface area contributed by atoms with E-state index < -0.39 is 18.3 Å². The number of rotatable bonds is 6. The fourth-order valence-corrected chi connectivity index (χ4v) is 4.31. The van der Waals surface area contributed by atoms with Crippen LogP contribution in [0.2, 0.25) is 0 Å². The summed E-state index contributed by atoms with van der Waals surface area (Å²) in [5.41, 5.74) is 0. The Bertz CT molecular complexity index is 796.